The van der Waals surface area contributed by atoms with Gasteiger partial charge in [0.1, 0.15) is 17.5 Å². The highest BCUT2D eigenvalue weighted by molar-refractivity contribution is 6.01. The minimum atomic E-state index is -0.509. The van der Waals surface area contributed by atoms with Crippen LogP contribution in [0.15, 0.2) is 54.4 Å². The average molecular weight is 281 g/mol. The van der Waals surface area contributed by atoms with E-state index in [9.17, 15) is 9.18 Å². The minimum absolute atomic E-state index is 0.0792. The molecule has 1 aromatic carbocycles. The van der Waals surface area contributed by atoms with Crippen LogP contribution in [0.3, 0.4) is 0 Å². The number of nitrogens with zero attached hydrogens (tertiary/aromatic N) is 2. The summed E-state index contributed by atoms with van der Waals surface area (Å²) in [5.41, 5.74) is 1.21. The topological polar surface area (TPSA) is 65.8 Å². The minimum Gasteiger partial charge on any atom is -0.347 e. The number of rotatable bonds is 4. The summed E-state index contributed by atoms with van der Waals surface area (Å²) in [5, 5.41) is 11.7. The molecule has 21 heavy (non-hydrogen) atoms. The van der Waals surface area contributed by atoms with Crippen molar-refractivity contribution in [2.45, 2.75) is 6.54 Å². The number of carbonyl (C=O) groups excluding carboxylic acids is 1. The molecule has 0 bridgehead atoms. The van der Waals surface area contributed by atoms with Gasteiger partial charge in [0, 0.05) is 18.9 Å². The molecule has 1 N–H and O–H groups in total. The maximum absolute atomic E-state index is 13.1. The maximum atomic E-state index is 13.1. The van der Waals surface area contributed by atoms with Crippen LogP contribution in [0.25, 0.3) is 6.08 Å². The quantitative estimate of drug-likeness (QED) is 0.691. The van der Waals surface area contributed by atoms with Gasteiger partial charge in [-0.3, -0.25) is 9.78 Å². The molecule has 0 saturated heterocycles. The van der Waals surface area contributed by atoms with E-state index in [0.717, 1.165) is 5.56 Å². The van der Waals surface area contributed by atoms with Crippen LogP contribution in [-0.2, 0) is 11.3 Å². The van der Waals surface area contributed by atoms with Crippen molar-refractivity contribution in [3.8, 4) is 6.07 Å². The number of pyridine rings is 1. The number of hydrogen-bond acceptors (Lipinski definition) is 3. The number of halogens is 1. The molecule has 0 unspecified atom stereocenters. The van der Waals surface area contributed by atoms with Crippen LogP contribution < -0.4 is 5.32 Å². The zero-order valence-corrected chi connectivity index (χ0v) is 11.1. The van der Waals surface area contributed by atoms with Crippen molar-refractivity contribution in [1.29, 1.82) is 5.26 Å². The van der Waals surface area contributed by atoms with Crippen LogP contribution in [0.2, 0.25) is 0 Å². The largest absolute Gasteiger partial charge is 0.347 e. The van der Waals surface area contributed by atoms with Gasteiger partial charge in [0.2, 0.25) is 0 Å². The fourth-order valence-corrected chi connectivity index (χ4v) is 1.69. The van der Waals surface area contributed by atoms with Gasteiger partial charge in [0.25, 0.3) is 5.91 Å². The van der Waals surface area contributed by atoms with Gasteiger partial charge in [0.15, 0.2) is 0 Å². The third-order valence-electron chi connectivity index (χ3n) is 2.70. The van der Waals surface area contributed by atoms with E-state index < -0.39 is 11.7 Å². The first kappa shape index (κ1) is 14.4. The Bertz CT molecular complexity index is 705. The van der Waals surface area contributed by atoms with E-state index in [-0.39, 0.29) is 12.1 Å². The Morgan fingerprint density at radius 1 is 1.38 bits per heavy atom. The normalized spacial score (nSPS) is 10.8. The number of benzene rings is 1. The van der Waals surface area contributed by atoms with Gasteiger partial charge in [-0.2, -0.15) is 5.26 Å². The van der Waals surface area contributed by atoms with Crippen LogP contribution in [0.4, 0.5) is 4.39 Å². The number of amides is 1. The highest BCUT2D eigenvalue weighted by Gasteiger charge is 2.08. The summed E-state index contributed by atoms with van der Waals surface area (Å²) in [5.74, 6) is -0.928. The summed E-state index contributed by atoms with van der Waals surface area (Å²) in [4.78, 5) is 15.9. The van der Waals surface area contributed by atoms with Crippen LogP contribution >= 0.6 is 0 Å². The Labute approximate surface area is 121 Å². The first-order valence-corrected chi connectivity index (χ1v) is 6.23. The predicted octanol–water partition coefficient (Wildman–Crippen LogP) is 2.44. The highest BCUT2D eigenvalue weighted by atomic mass is 19.1. The molecule has 104 valence electrons. The molecule has 0 atom stereocenters. The lowest BCUT2D eigenvalue weighted by molar-refractivity contribution is -0.117. The molecule has 0 spiro atoms. The number of carbonyl (C=O) groups is 1. The first-order valence-electron chi connectivity index (χ1n) is 6.23. The molecule has 0 saturated carbocycles. The second-order valence-corrected chi connectivity index (χ2v) is 4.27. The van der Waals surface area contributed by atoms with Crippen LogP contribution in [0.1, 0.15) is 11.1 Å². The van der Waals surface area contributed by atoms with Crippen molar-refractivity contribution >= 4 is 12.0 Å². The fraction of sp³-hybridized carbons (Fsp3) is 0.0625. The van der Waals surface area contributed by atoms with Crippen molar-refractivity contribution in [3.05, 3.63) is 71.3 Å². The van der Waals surface area contributed by atoms with Gasteiger partial charge in [-0.15, -0.1) is 0 Å². The smallest absolute Gasteiger partial charge is 0.262 e. The second-order valence-electron chi connectivity index (χ2n) is 4.27. The Balaban J connectivity index is 2.07. The molecule has 0 aliphatic heterocycles. The molecule has 0 radical (unpaired) electrons. The highest BCUT2D eigenvalue weighted by Crippen LogP contribution is 2.09. The predicted molar refractivity (Wildman–Crippen MR) is 76.1 cm³/mol. The molecule has 0 aliphatic carbocycles. The lowest BCUT2D eigenvalue weighted by Gasteiger charge is -2.04. The van der Waals surface area contributed by atoms with Gasteiger partial charge >= 0.3 is 0 Å². The van der Waals surface area contributed by atoms with Crippen molar-refractivity contribution in [3.63, 3.8) is 0 Å². The third-order valence-corrected chi connectivity index (χ3v) is 2.70. The van der Waals surface area contributed by atoms with Crippen molar-refractivity contribution in [1.82, 2.24) is 10.3 Å². The Morgan fingerprint density at radius 2 is 2.24 bits per heavy atom. The van der Waals surface area contributed by atoms with Gasteiger partial charge < -0.3 is 5.32 Å². The molecule has 5 heteroatoms. The zero-order chi connectivity index (χ0) is 15.1. The molecule has 0 aliphatic rings. The lowest BCUT2D eigenvalue weighted by Crippen LogP contribution is -2.24. The monoisotopic (exact) mass is 281 g/mol. The third kappa shape index (κ3) is 4.25. The maximum Gasteiger partial charge on any atom is 0.262 e. The summed E-state index contributed by atoms with van der Waals surface area (Å²) < 4.78 is 13.1. The van der Waals surface area contributed by atoms with E-state index in [0.29, 0.717) is 5.56 Å². The summed E-state index contributed by atoms with van der Waals surface area (Å²) in [7, 11) is 0. The average Bonchev–Trinajstić information content (AvgIpc) is 2.51. The van der Waals surface area contributed by atoms with E-state index in [1.807, 2.05) is 12.1 Å². The van der Waals surface area contributed by atoms with Gasteiger partial charge in [-0.05, 0) is 35.4 Å². The summed E-state index contributed by atoms with van der Waals surface area (Å²) in [6.07, 6.45) is 4.61. The number of nitrogens with one attached hydrogen (secondary N) is 1. The number of aromatic nitrogens is 1. The van der Waals surface area contributed by atoms with E-state index in [1.54, 1.807) is 24.5 Å². The number of hydrogen-bond donors (Lipinski definition) is 1. The van der Waals surface area contributed by atoms with Crippen molar-refractivity contribution in [2.24, 2.45) is 0 Å². The SMILES string of the molecule is N#C/C(=C\c1cccc(F)c1)C(=O)NCc1cccnc1. The molecule has 1 aromatic heterocycles. The van der Waals surface area contributed by atoms with Crippen LogP contribution in [-0.4, -0.2) is 10.9 Å². The molecule has 4 nitrogen and oxygen atoms in total. The van der Waals surface area contributed by atoms with Gasteiger partial charge in [-0.25, -0.2) is 4.39 Å². The Kier molecular flexibility index (Phi) is 4.78. The first-order chi connectivity index (χ1) is 10.2. The van der Waals surface area contributed by atoms with Crippen molar-refractivity contribution < 1.29 is 9.18 Å². The molecule has 2 rings (SSSR count). The standard InChI is InChI=1S/C16H12FN3O/c17-15-5-1-3-12(8-15)7-14(9-18)16(21)20-11-13-4-2-6-19-10-13/h1-8,10H,11H2,(H,20,21)/b14-7+. The second kappa shape index (κ2) is 6.96. The van der Waals surface area contributed by atoms with E-state index >= 15 is 0 Å². The summed E-state index contributed by atoms with van der Waals surface area (Å²) >= 11 is 0. The molecule has 1 heterocycles. The van der Waals surface area contributed by atoms with E-state index in [2.05, 4.69) is 10.3 Å². The van der Waals surface area contributed by atoms with Gasteiger partial charge in [0.05, 0.1) is 0 Å². The molecule has 2 aromatic rings. The van der Waals surface area contributed by atoms with Crippen molar-refractivity contribution in [2.75, 3.05) is 0 Å². The molecular formula is C16H12FN3O. The Morgan fingerprint density at radius 3 is 2.90 bits per heavy atom. The Hall–Kier alpha value is -3.00. The summed E-state index contributed by atoms with van der Waals surface area (Å²) in [6, 6.07) is 11.1. The lowest BCUT2D eigenvalue weighted by atomic mass is 10.1. The molecule has 1 amide bonds. The van der Waals surface area contributed by atoms with E-state index in [1.165, 1.54) is 24.3 Å². The van der Waals surface area contributed by atoms with Gasteiger partial charge in [-0.1, -0.05) is 18.2 Å². The fourth-order valence-electron chi connectivity index (χ4n) is 1.69. The molecule has 0 fully saturated rings. The van der Waals surface area contributed by atoms with E-state index in [4.69, 9.17) is 5.26 Å². The number of nitriles is 1. The zero-order valence-electron chi connectivity index (χ0n) is 11.1. The van der Waals surface area contributed by atoms with Crippen LogP contribution in [0, 0.1) is 17.1 Å². The van der Waals surface area contributed by atoms with Crippen LogP contribution in [0.5, 0.6) is 0 Å². The summed E-state index contributed by atoms with van der Waals surface area (Å²) in [6.45, 7) is 0.273. The molecular weight excluding hydrogens is 269 g/mol.